The van der Waals surface area contributed by atoms with E-state index in [-0.39, 0.29) is 29.9 Å². The molecule has 0 spiro atoms. The number of ether oxygens (including phenoxy) is 2. The lowest BCUT2D eigenvalue weighted by Gasteiger charge is -2.08. The van der Waals surface area contributed by atoms with Crippen LogP contribution in [0.3, 0.4) is 0 Å². The minimum Gasteiger partial charge on any atom is -0.461 e. The average molecular weight is 222 g/mol. The highest BCUT2D eigenvalue weighted by Crippen LogP contribution is 2.40. The van der Waals surface area contributed by atoms with E-state index in [0.717, 1.165) is 5.57 Å². The van der Waals surface area contributed by atoms with Crippen molar-refractivity contribution in [2.24, 2.45) is 11.8 Å². The van der Waals surface area contributed by atoms with Gasteiger partial charge in [-0.15, -0.1) is 0 Å². The van der Waals surface area contributed by atoms with E-state index in [0.29, 0.717) is 12.2 Å². The van der Waals surface area contributed by atoms with Crippen molar-refractivity contribution >= 4 is 11.9 Å². The van der Waals surface area contributed by atoms with Crippen molar-refractivity contribution in [1.82, 2.24) is 0 Å². The summed E-state index contributed by atoms with van der Waals surface area (Å²) < 4.78 is 10.1. The van der Waals surface area contributed by atoms with Crippen LogP contribution in [0.25, 0.3) is 0 Å². The zero-order valence-corrected chi connectivity index (χ0v) is 9.36. The highest BCUT2D eigenvalue weighted by atomic mass is 16.6. The molecule has 1 aliphatic carbocycles. The number of rotatable bonds is 2. The van der Waals surface area contributed by atoms with Crippen LogP contribution in [0.5, 0.6) is 0 Å². The summed E-state index contributed by atoms with van der Waals surface area (Å²) in [6.07, 6.45) is 2.42. The normalized spacial score (nSPS) is 31.8. The summed E-state index contributed by atoms with van der Waals surface area (Å²) in [6, 6.07) is 0. The van der Waals surface area contributed by atoms with Gasteiger partial charge in [-0.05, 0) is 5.57 Å². The third kappa shape index (κ3) is 1.75. The minimum atomic E-state index is -0.381. The lowest BCUT2D eigenvalue weighted by molar-refractivity contribution is -0.144. The van der Waals surface area contributed by atoms with Crippen LogP contribution in [0.1, 0.15) is 20.3 Å². The lowest BCUT2D eigenvalue weighted by Crippen LogP contribution is -2.11. The first-order chi connectivity index (χ1) is 7.49. The van der Waals surface area contributed by atoms with Crippen LogP contribution in [0.4, 0.5) is 0 Å². The van der Waals surface area contributed by atoms with Crippen LogP contribution in [0.2, 0.25) is 0 Å². The number of hydrogen-bond donors (Lipinski definition) is 0. The van der Waals surface area contributed by atoms with Gasteiger partial charge in [0.1, 0.15) is 11.9 Å². The Labute approximate surface area is 93.9 Å². The smallest absolute Gasteiger partial charge is 0.309 e. The Kier molecular flexibility index (Phi) is 2.58. The van der Waals surface area contributed by atoms with Gasteiger partial charge in [0, 0.05) is 19.3 Å². The van der Waals surface area contributed by atoms with Crippen molar-refractivity contribution in [1.29, 1.82) is 0 Å². The summed E-state index contributed by atoms with van der Waals surface area (Å²) >= 11 is 0. The minimum absolute atomic E-state index is 0.0924. The van der Waals surface area contributed by atoms with Crippen molar-refractivity contribution < 1.29 is 19.1 Å². The monoisotopic (exact) mass is 222 g/mol. The van der Waals surface area contributed by atoms with E-state index in [9.17, 15) is 9.59 Å². The number of carbonyl (C=O) groups excluding carboxylic acids is 2. The van der Waals surface area contributed by atoms with Crippen LogP contribution in [-0.2, 0) is 19.1 Å². The van der Waals surface area contributed by atoms with E-state index in [1.165, 1.54) is 6.92 Å². The summed E-state index contributed by atoms with van der Waals surface area (Å²) in [5.41, 5.74) is 0.865. The molecule has 1 heterocycles. The molecule has 4 nitrogen and oxygen atoms in total. The van der Waals surface area contributed by atoms with E-state index in [1.54, 1.807) is 0 Å². The summed E-state index contributed by atoms with van der Waals surface area (Å²) in [6.45, 7) is 6.88. The molecule has 0 aromatic heterocycles. The standard InChI is InChI=1S/C12H14O4/c1-6-10-4-9(7(2)15-8(3)13)5-11(10)16-12(6)14/h4,6,10-11H,2,5H2,1,3H3/t6-,10-,11-/m0/s1. The summed E-state index contributed by atoms with van der Waals surface area (Å²) in [7, 11) is 0. The molecule has 2 aliphatic rings. The Morgan fingerprint density at radius 2 is 2.31 bits per heavy atom. The first-order valence-corrected chi connectivity index (χ1v) is 5.28. The van der Waals surface area contributed by atoms with Crippen LogP contribution in [-0.4, -0.2) is 18.0 Å². The molecule has 1 saturated heterocycles. The zero-order chi connectivity index (χ0) is 11.9. The van der Waals surface area contributed by atoms with Crippen LogP contribution in [0, 0.1) is 11.8 Å². The van der Waals surface area contributed by atoms with E-state index in [1.807, 2.05) is 13.0 Å². The van der Waals surface area contributed by atoms with Crippen molar-refractivity contribution in [2.45, 2.75) is 26.4 Å². The summed E-state index contributed by atoms with van der Waals surface area (Å²) in [4.78, 5) is 22.1. The Morgan fingerprint density at radius 3 is 2.88 bits per heavy atom. The molecule has 0 N–H and O–H groups in total. The molecule has 1 aliphatic heterocycles. The van der Waals surface area contributed by atoms with Crippen molar-refractivity contribution in [3.8, 4) is 0 Å². The predicted molar refractivity (Wildman–Crippen MR) is 56.1 cm³/mol. The van der Waals surface area contributed by atoms with Gasteiger partial charge in [0.15, 0.2) is 0 Å². The quantitative estimate of drug-likeness (QED) is 0.525. The van der Waals surface area contributed by atoms with Crippen molar-refractivity contribution in [2.75, 3.05) is 0 Å². The van der Waals surface area contributed by atoms with Gasteiger partial charge in [0.25, 0.3) is 0 Å². The fourth-order valence-electron chi connectivity index (χ4n) is 2.21. The number of esters is 2. The maximum Gasteiger partial charge on any atom is 0.309 e. The predicted octanol–water partition coefficient (Wildman–Crippen LogP) is 1.57. The van der Waals surface area contributed by atoms with E-state index in [2.05, 4.69) is 6.58 Å². The van der Waals surface area contributed by atoms with Gasteiger partial charge in [0.05, 0.1) is 5.92 Å². The zero-order valence-electron chi connectivity index (χ0n) is 9.36. The molecular formula is C12H14O4. The van der Waals surface area contributed by atoms with Gasteiger partial charge in [0.2, 0.25) is 0 Å². The Bertz CT molecular complexity index is 394. The molecule has 1 fully saturated rings. The Hall–Kier alpha value is -1.58. The molecule has 0 radical (unpaired) electrons. The van der Waals surface area contributed by atoms with Gasteiger partial charge in [-0.25, -0.2) is 0 Å². The number of fused-ring (bicyclic) bond motifs is 1. The van der Waals surface area contributed by atoms with Crippen LogP contribution < -0.4 is 0 Å². The number of hydrogen-bond acceptors (Lipinski definition) is 4. The summed E-state index contributed by atoms with van der Waals surface area (Å²) in [5, 5.41) is 0. The first kappa shape index (κ1) is 10.9. The summed E-state index contributed by atoms with van der Waals surface area (Å²) in [5.74, 6) is -0.191. The molecular weight excluding hydrogens is 208 g/mol. The van der Waals surface area contributed by atoms with Gasteiger partial charge < -0.3 is 9.47 Å². The van der Waals surface area contributed by atoms with Gasteiger partial charge in [-0.1, -0.05) is 19.6 Å². The molecule has 0 bridgehead atoms. The Morgan fingerprint density at radius 1 is 1.62 bits per heavy atom. The second-order valence-corrected chi connectivity index (χ2v) is 4.25. The molecule has 2 rings (SSSR count). The number of allylic oxidation sites excluding steroid dienone is 1. The highest BCUT2D eigenvalue weighted by molar-refractivity contribution is 5.76. The maximum absolute atomic E-state index is 11.3. The molecule has 4 heteroatoms. The van der Waals surface area contributed by atoms with Crippen molar-refractivity contribution in [3.63, 3.8) is 0 Å². The molecule has 0 saturated carbocycles. The SMILES string of the molecule is C=C(OC(C)=O)C1=C[C@@H]2[C@H](C1)OC(=O)[C@H]2C. The fourth-order valence-corrected chi connectivity index (χ4v) is 2.21. The van der Waals surface area contributed by atoms with E-state index < -0.39 is 0 Å². The molecule has 0 aromatic rings. The second-order valence-electron chi connectivity index (χ2n) is 4.25. The van der Waals surface area contributed by atoms with Crippen LogP contribution in [0.15, 0.2) is 24.0 Å². The first-order valence-electron chi connectivity index (χ1n) is 5.28. The van der Waals surface area contributed by atoms with Gasteiger partial charge in [-0.3, -0.25) is 9.59 Å². The molecule has 0 unspecified atom stereocenters. The topological polar surface area (TPSA) is 52.6 Å². The van der Waals surface area contributed by atoms with Gasteiger partial charge >= 0.3 is 11.9 Å². The third-order valence-electron chi connectivity index (χ3n) is 3.09. The highest BCUT2D eigenvalue weighted by Gasteiger charge is 2.44. The third-order valence-corrected chi connectivity index (χ3v) is 3.09. The van der Waals surface area contributed by atoms with Gasteiger partial charge in [-0.2, -0.15) is 0 Å². The average Bonchev–Trinajstić information content (AvgIpc) is 2.68. The number of carbonyl (C=O) groups is 2. The fraction of sp³-hybridized carbons (Fsp3) is 0.500. The molecule has 16 heavy (non-hydrogen) atoms. The molecule has 0 aromatic carbocycles. The molecule has 86 valence electrons. The largest absolute Gasteiger partial charge is 0.461 e. The van der Waals surface area contributed by atoms with Crippen molar-refractivity contribution in [3.05, 3.63) is 24.0 Å². The molecule has 3 atom stereocenters. The molecule has 0 amide bonds. The lowest BCUT2D eigenvalue weighted by atomic mass is 9.95. The second kappa shape index (κ2) is 3.77. The van der Waals surface area contributed by atoms with Crippen LogP contribution >= 0.6 is 0 Å². The van der Waals surface area contributed by atoms with E-state index >= 15 is 0 Å². The Balaban J connectivity index is 2.09. The maximum atomic E-state index is 11.3. The van der Waals surface area contributed by atoms with E-state index in [4.69, 9.17) is 9.47 Å².